The normalized spacial score (nSPS) is 28.1. The predicted molar refractivity (Wildman–Crippen MR) is 62.1 cm³/mol. The number of hydrogen-bond donors (Lipinski definition) is 2. The van der Waals surface area contributed by atoms with Gasteiger partial charge in [0.2, 0.25) is 0 Å². The van der Waals surface area contributed by atoms with Gasteiger partial charge in [0, 0.05) is 12.5 Å². The maximum absolute atomic E-state index is 12.2. The number of hydrogen-bond acceptors (Lipinski definition) is 2. The van der Waals surface area contributed by atoms with Crippen LogP contribution in [0, 0.1) is 11.8 Å². The third-order valence-corrected chi connectivity index (χ3v) is 3.92. The maximum Gasteiger partial charge on any atom is 0.389 e. The van der Waals surface area contributed by atoms with Crippen molar-refractivity contribution in [1.29, 1.82) is 0 Å². The van der Waals surface area contributed by atoms with Crippen molar-refractivity contribution in [3.8, 4) is 0 Å². The molecule has 0 saturated heterocycles. The Morgan fingerprint density at radius 2 is 2.06 bits per heavy atom. The van der Waals surface area contributed by atoms with Gasteiger partial charge in [-0.1, -0.05) is 26.2 Å². The van der Waals surface area contributed by atoms with Crippen LogP contribution < -0.4 is 11.3 Å². The molecule has 3 N–H and O–H groups in total. The molecule has 0 aromatic heterocycles. The lowest BCUT2D eigenvalue weighted by molar-refractivity contribution is -0.137. The Bertz CT molecular complexity index is 218. The third kappa shape index (κ3) is 5.25. The van der Waals surface area contributed by atoms with Gasteiger partial charge in [-0.05, 0) is 31.1 Å². The van der Waals surface area contributed by atoms with Crippen molar-refractivity contribution in [3.05, 3.63) is 0 Å². The molecular formula is C12H23F3N2. The van der Waals surface area contributed by atoms with Crippen molar-refractivity contribution in [2.24, 2.45) is 17.7 Å². The zero-order valence-electron chi connectivity index (χ0n) is 10.4. The van der Waals surface area contributed by atoms with E-state index in [1.165, 1.54) is 6.42 Å². The molecule has 0 spiro atoms. The second-order valence-electron chi connectivity index (χ2n) is 5.13. The number of nitrogens with one attached hydrogen (secondary N) is 1. The molecule has 0 heterocycles. The molecule has 1 fully saturated rings. The Morgan fingerprint density at radius 3 is 2.59 bits per heavy atom. The highest BCUT2D eigenvalue weighted by molar-refractivity contribution is 4.81. The number of rotatable bonds is 5. The standard InChI is InChI=1S/C12H23F3N2/c1-2-9-4-3-5-10(8-9)11(17-16)6-7-12(13,14)15/h9-11,17H,2-8,16H2,1H3. The van der Waals surface area contributed by atoms with Crippen LogP contribution in [0.5, 0.6) is 0 Å². The van der Waals surface area contributed by atoms with E-state index in [0.29, 0.717) is 11.8 Å². The number of halogens is 3. The van der Waals surface area contributed by atoms with E-state index < -0.39 is 12.6 Å². The lowest BCUT2D eigenvalue weighted by Crippen LogP contribution is -2.43. The zero-order valence-corrected chi connectivity index (χ0v) is 10.4. The average molecular weight is 252 g/mol. The van der Waals surface area contributed by atoms with Gasteiger partial charge in [-0.2, -0.15) is 13.2 Å². The quantitative estimate of drug-likeness (QED) is 0.581. The predicted octanol–water partition coefficient (Wildman–Crippen LogP) is 3.38. The van der Waals surface area contributed by atoms with Gasteiger partial charge in [-0.15, -0.1) is 0 Å². The van der Waals surface area contributed by atoms with Gasteiger partial charge in [0.15, 0.2) is 0 Å². The Hall–Kier alpha value is -0.290. The summed E-state index contributed by atoms with van der Waals surface area (Å²) in [7, 11) is 0. The van der Waals surface area contributed by atoms with Gasteiger partial charge in [0.05, 0.1) is 0 Å². The second kappa shape index (κ2) is 6.59. The molecule has 1 saturated carbocycles. The summed E-state index contributed by atoms with van der Waals surface area (Å²) >= 11 is 0. The van der Waals surface area contributed by atoms with Crippen molar-refractivity contribution in [1.82, 2.24) is 5.43 Å². The first-order valence-corrected chi connectivity index (χ1v) is 6.49. The Labute approximate surface area is 101 Å². The van der Waals surface area contributed by atoms with Crippen LogP contribution in [0.2, 0.25) is 0 Å². The van der Waals surface area contributed by atoms with Gasteiger partial charge in [-0.3, -0.25) is 11.3 Å². The van der Waals surface area contributed by atoms with Crippen molar-refractivity contribution in [2.75, 3.05) is 0 Å². The summed E-state index contributed by atoms with van der Waals surface area (Å²) in [5.74, 6) is 6.37. The molecule has 17 heavy (non-hydrogen) atoms. The van der Waals surface area contributed by atoms with Crippen molar-refractivity contribution >= 4 is 0 Å². The van der Waals surface area contributed by atoms with E-state index >= 15 is 0 Å². The Balaban J connectivity index is 2.43. The zero-order chi connectivity index (χ0) is 12.9. The van der Waals surface area contributed by atoms with Gasteiger partial charge in [0.25, 0.3) is 0 Å². The fourth-order valence-electron chi connectivity index (χ4n) is 2.84. The summed E-state index contributed by atoms with van der Waals surface area (Å²) in [5.41, 5.74) is 2.59. The minimum atomic E-state index is -4.08. The smallest absolute Gasteiger partial charge is 0.271 e. The fourth-order valence-corrected chi connectivity index (χ4v) is 2.84. The SMILES string of the molecule is CCC1CCCC(C(CCC(F)(F)F)NN)C1. The fraction of sp³-hybridized carbons (Fsp3) is 1.00. The highest BCUT2D eigenvalue weighted by Gasteiger charge is 2.32. The number of nitrogens with two attached hydrogens (primary N) is 1. The summed E-state index contributed by atoms with van der Waals surface area (Å²) in [5, 5.41) is 0. The van der Waals surface area contributed by atoms with E-state index in [9.17, 15) is 13.2 Å². The highest BCUT2D eigenvalue weighted by atomic mass is 19.4. The first kappa shape index (κ1) is 14.8. The maximum atomic E-state index is 12.2. The summed E-state index contributed by atoms with van der Waals surface area (Å²) in [4.78, 5) is 0. The van der Waals surface area contributed by atoms with E-state index in [2.05, 4.69) is 12.3 Å². The number of hydrazine groups is 1. The molecule has 0 aromatic carbocycles. The highest BCUT2D eigenvalue weighted by Crippen LogP contribution is 2.35. The largest absolute Gasteiger partial charge is 0.389 e. The van der Waals surface area contributed by atoms with Crippen molar-refractivity contribution in [2.45, 2.75) is 64.1 Å². The number of alkyl halides is 3. The first-order valence-electron chi connectivity index (χ1n) is 6.49. The molecule has 1 rings (SSSR count). The summed E-state index contributed by atoms with van der Waals surface area (Å²) in [6.45, 7) is 2.15. The summed E-state index contributed by atoms with van der Waals surface area (Å²) in [6.07, 6.45) is 0.751. The topological polar surface area (TPSA) is 38.0 Å². The minimum absolute atomic E-state index is 0.0983. The molecule has 0 radical (unpaired) electrons. The molecular weight excluding hydrogens is 229 g/mol. The molecule has 2 nitrogen and oxygen atoms in total. The molecule has 0 amide bonds. The lowest BCUT2D eigenvalue weighted by atomic mass is 9.76. The summed E-state index contributed by atoms with van der Waals surface area (Å²) in [6, 6.07) is -0.189. The van der Waals surface area contributed by atoms with Crippen LogP contribution in [-0.4, -0.2) is 12.2 Å². The molecule has 3 unspecified atom stereocenters. The van der Waals surface area contributed by atoms with Crippen molar-refractivity contribution < 1.29 is 13.2 Å². The van der Waals surface area contributed by atoms with Crippen molar-refractivity contribution in [3.63, 3.8) is 0 Å². The van der Waals surface area contributed by atoms with E-state index in [1.807, 2.05) is 0 Å². The van der Waals surface area contributed by atoms with Gasteiger partial charge < -0.3 is 0 Å². The van der Waals surface area contributed by atoms with Crippen LogP contribution in [0.25, 0.3) is 0 Å². The average Bonchev–Trinajstić information content (AvgIpc) is 2.29. The Kier molecular flexibility index (Phi) is 5.73. The molecule has 102 valence electrons. The lowest BCUT2D eigenvalue weighted by Gasteiger charge is -2.34. The molecule has 1 aliphatic rings. The van der Waals surface area contributed by atoms with E-state index in [4.69, 9.17) is 5.84 Å². The van der Waals surface area contributed by atoms with Crippen LogP contribution in [0.3, 0.4) is 0 Å². The van der Waals surface area contributed by atoms with Gasteiger partial charge >= 0.3 is 6.18 Å². The summed E-state index contributed by atoms with van der Waals surface area (Å²) < 4.78 is 36.6. The second-order valence-corrected chi connectivity index (χ2v) is 5.13. The van der Waals surface area contributed by atoms with E-state index in [1.54, 1.807) is 0 Å². The third-order valence-electron chi connectivity index (χ3n) is 3.92. The van der Waals surface area contributed by atoms with Crippen LogP contribution in [0.15, 0.2) is 0 Å². The van der Waals surface area contributed by atoms with Crippen LogP contribution in [-0.2, 0) is 0 Å². The molecule has 3 atom stereocenters. The van der Waals surface area contributed by atoms with E-state index in [0.717, 1.165) is 25.7 Å². The molecule has 5 heteroatoms. The monoisotopic (exact) mass is 252 g/mol. The van der Waals surface area contributed by atoms with Gasteiger partial charge in [0.1, 0.15) is 0 Å². The Morgan fingerprint density at radius 1 is 1.35 bits per heavy atom. The first-order chi connectivity index (χ1) is 7.96. The van der Waals surface area contributed by atoms with Gasteiger partial charge in [-0.25, -0.2) is 0 Å². The molecule has 0 aliphatic heterocycles. The van der Waals surface area contributed by atoms with E-state index in [-0.39, 0.29) is 12.5 Å². The minimum Gasteiger partial charge on any atom is -0.271 e. The van der Waals surface area contributed by atoms with Crippen LogP contribution in [0.4, 0.5) is 13.2 Å². The van der Waals surface area contributed by atoms with Crippen LogP contribution >= 0.6 is 0 Å². The molecule has 0 bridgehead atoms. The van der Waals surface area contributed by atoms with Crippen LogP contribution in [0.1, 0.15) is 51.9 Å². The molecule has 1 aliphatic carbocycles. The molecule has 0 aromatic rings.